The summed E-state index contributed by atoms with van der Waals surface area (Å²) >= 11 is 5.20. The van der Waals surface area contributed by atoms with Crippen LogP contribution in [0.15, 0.2) is 0 Å². The summed E-state index contributed by atoms with van der Waals surface area (Å²) in [5.41, 5.74) is 0. The number of carbonyl (C=O) groups excluding carboxylic acids is 3. The SMILES string of the molecule is COC(=O)C(CCCCNC(=O)Cl)NC(=O)CCCCCCCCCCN(C)C. The number of hydrogen-bond donors (Lipinski definition) is 2. The van der Waals surface area contributed by atoms with E-state index in [2.05, 4.69) is 29.6 Å². The summed E-state index contributed by atoms with van der Waals surface area (Å²) in [7, 11) is 5.52. The lowest BCUT2D eigenvalue weighted by molar-refractivity contribution is -0.145. The summed E-state index contributed by atoms with van der Waals surface area (Å²) in [6.45, 7) is 1.60. The van der Waals surface area contributed by atoms with E-state index in [0.717, 1.165) is 25.8 Å². The number of amides is 2. The smallest absolute Gasteiger partial charge is 0.328 e. The van der Waals surface area contributed by atoms with Crippen LogP contribution >= 0.6 is 11.6 Å². The number of nitrogens with one attached hydrogen (secondary N) is 2. The first-order chi connectivity index (χ1) is 13.9. The van der Waals surface area contributed by atoms with Gasteiger partial charge in [-0.25, -0.2) is 4.79 Å². The van der Waals surface area contributed by atoms with E-state index in [1.54, 1.807) is 0 Å². The molecule has 2 amide bonds. The second-order valence-electron chi connectivity index (χ2n) is 7.72. The average Bonchev–Trinajstić information content (AvgIpc) is 2.67. The van der Waals surface area contributed by atoms with Gasteiger partial charge in [0.2, 0.25) is 5.91 Å². The van der Waals surface area contributed by atoms with Gasteiger partial charge in [-0.15, -0.1) is 0 Å². The van der Waals surface area contributed by atoms with E-state index in [1.165, 1.54) is 39.2 Å². The number of methoxy groups -OCH3 is 1. The van der Waals surface area contributed by atoms with Gasteiger partial charge in [-0.2, -0.15) is 0 Å². The zero-order chi connectivity index (χ0) is 21.9. The van der Waals surface area contributed by atoms with Crippen LogP contribution in [0.5, 0.6) is 0 Å². The van der Waals surface area contributed by atoms with Crippen molar-refractivity contribution in [1.29, 1.82) is 0 Å². The summed E-state index contributed by atoms with van der Waals surface area (Å²) in [5, 5.41) is 4.67. The van der Waals surface area contributed by atoms with Crippen LogP contribution in [0.3, 0.4) is 0 Å². The molecule has 29 heavy (non-hydrogen) atoms. The molecule has 1 unspecified atom stereocenters. The lowest BCUT2D eigenvalue weighted by Gasteiger charge is -2.16. The molecule has 0 aliphatic rings. The van der Waals surface area contributed by atoms with E-state index in [1.807, 2.05) is 0 Å². The van der Waals surface area contributed by atoms with E-state index in [9.17, 15) is 14.4 Å². The largest absolute Gasteiger partial charge is 0.467 e. The molecular weight excluding hydrogens is 394 g/mol. The lowest BCUT2D eigenvalue weighted by Crippen LogP contribution is -2.41. The molecule has 0 aromatic rings. The molecule has 0 saturated carbocycles. The van der Waals surface area contributed by atoms with Crippen molar-refractivity contribution in [2.45, 2.75) is 83.1 Å². The van der Waals surface area contributed by atoms with Crippen LogP contribution in [0, 0.1) is 0 Å². The number of rotatable bonds is 18. The highest BCUT2D eigenvalue weighted by Gasteiger charge is 2.20. The van der Waals surface area contributed by atoms with Crippen molar-refractivity contribution in [3.63, 3.8) is 0 Å². The minimum Gasteiger partial charge on any atom is -0.467 e. The molecule has 0 radical (unpaired) electrons. The van der Waals surface area contributed by atoms with Crippen LogP contribution in [0.2, 0.25) is 0 Å². The van der Waals surface area contributed by atoms with Crippen LogP contribution in [0.25, 0.3) is 0 Å². The molecular formula is C21H40ClN3O4. The van der Waals surface area contributed by atoms with E-state index in [4.69, 9.17) is 16.3 Å². The molecule has 0 fully saturated rings. The van der Waals surface area contributed by atoms with E-state index >= 15 is 0 Å². The topological polar surface area (TPSA) is 87.7 Å². The molecule has 0 aromatic heterocycles. The van der Waals surface area contributed by atoms with Gasteiger partial charge < -0.3 is 20.3 Å². The van der Waals surface area contributed by atoms with Gasteiger partial charge in [0, 0.05) is 13.0 Å². The van der Waals surface area contributed by atoms with Crippen molar-refractivity contribution in [2.24, 2.45) is 0 Å². The Morgan fingerprint density at radius 1 is 0.897 bits per heavy atom. The highest BCUT2D eigenvalue weighted by Crippen LogP contribution is 2.10. The first-order valence-electron chi connectivity index (χ1n) is 10.8. The molecule has 7 nitrogen and oxygen atoms in total. The zero-order valence-electron chi connectivity index (χ0n) is 18.4. The third-order valence-corrected chi connectivity index (χ3v) is 4.90. The first-order valence-corrected chi connectivity index (χ1v) is 11.2. The molecule has 0 heterocycles. The monoisotopic (exact) mass is 433 g/mol. The van der Waals surface area contributed by atoms with Crippen molar-refractivity contribution in [3.05, 3.63) is 0 Å². The molecule has 1 atom stereocenters. The molecule has 170 valence electrons. The van der Waals surface area contributed by atoms with Crippen LogP contribution in [-0.4, -0.2) is 62.5 Å². The Balaban J connectivity index is 3.80. The molecule has 0 spiro atoms. The van der Waals surface area contributed by atoms with Crippen molar-refractivity contribution < 1.29 is 19.1 Å². The van der Waals surface area contributed by atoms with Crippen LogP contribution in [0.1, 0.15) is 77.0 Å². The normalized spacial score (nSPS) is 11.9. The molecule has 0 aromatic carbocycles. The van der Waals surface area contributed by atoms with E-state index in [-0.39, 0.29) is 5.91 Å². The number of esters is 1. The predicted molar refractivity (Wildman–Crippen MR) is 117 cm³/mol. The molecule has 0 bridgehead atoms. The standard InChI is InChI=1S/C21H40ClN3O4/c1-25(2)17-13-9-7-5-4-6-8-10-15-19(26)24-18(20(27)29-3)14-11-12-16-23-21(22)28/h18H,4-17H2,1-3H3,(H,23,28)(H,24,26). The highest BCUT2D eigenvalue weighted by molar-refractivity contribution is 6.62. The second kappa shape index (κ2) is 18.7. The first kappa shape index (κ1) is 27.7. The van der Waals surface area contributed by atoms with E-state index < -0.39 is 17.4 Å². The maximum atomic E-state index is 12.1. The van der Waals surface area contributed by atoms with Gasteiger partial charge in [0.05, 0.1) is 7.11 Å². The third-order valence-electron chi connectivity index (χ3n) is 4.76. The Bertz CT molecular complexity index is 461. The van der Waals surface area contributed by atoms with Gasteiger partial charge in [0.15, 0.2) is 0 Å². The third kappa shape index (κ3) is 18.4. The maximum Gasteiger partial charge on any atom is 0.328 e. The van der Waals surface area contributed by atoms with Gasteiger partial charge in [0.25, 0.3) is 0 Å². The molecule has 2 N–H and O–H groups in total. The Kier molecular flexibility index (Phi) is 17.8. The summed E-state index contributed by atoms with van der Waals surface area (Å²) in [6, 6.07) is -0.638. The molecule has 0 aliphatic heterocycles. The minimum absolute atomic E-state index is 0.113. The van der Waals surface area contributed by atoms with Gasteiger partial charge in [0.1, 0.15) is 6.04 Å². The quantitative estimate of drug-likeness (QED) is 0.148. The van der Waals surface area contributed by atoms with Gasteiger partial charge in [-0.1, -0.05) is 38.5 Å². The van der Waals surface area contributed by atoms with E-state index in [0.29, 0.717) is 32.2 Å². The Morgan fingerprint density at radius 2 is 1.48 bits per heavy atom. The van der Waals surface area contributed by atoms with Crippen LogP contribution < -0.4 is 10.6 Å². The maximum absolute atomic E-state index is 12.1. The van der Waals surface area contributed by atoms with Crippen LogP contribution in [0.4, 0.5) is 4.79 Å². The highest BCUT2D eigenvalue weighted by atomic mass is 35.5. The van der Waals surface area contributed by atoms with Crippen molar-refractivity contribution >= 4 is 28.8 Å². The number of halogens is 1. The Hall–Kier alpha value is -1.34. The minimum atomic E-state index is -0.638. The number of hydrogen-bond acceptors (Lipinski definition) is 5. The van der Waals surface area contributed by atoms with Gasteiger partial charge in [-0.3, -0.25) is 9.59 Å². The fourth-order valence-electron chi connectivity index (χ4n) is 3.09. The summed E-state index contributed by atoms with van der Waals surface area (Å²) in [6.07, 6.45) is 11.6. The summed E-state index contributed by atoms with van der Waals surface area (Å²) in [5.74, 6) is -0.549. The van der Waals surface area contributed by atoms with Crippen molar-refractivity contribution in [1.82, 2.24) is 15.5 Å². The number of carbonyl (C=O) groups is 3. The number of unbranched alkanes of at least 4 members (excludes halogenated alkanes) is 8. The van der Waals surface area contributed by atoms with Gasteiger partial charge in [-0.05, 0) is 64.3 Å². The Labute approximate surface area is 181 Å². The summed E-state index contributed by atoms with van der Waals surface area (Å²) < 4.78 is 4.77. The average molecular weight is 434 g/mol. The predicted octanol–water partition coefficient (Wildman–Crippen LogP) is 3.84. The number of nitrogens with zero attached hydrogens (tertiary/aromatic N) is 1. The van der Waals surface area contributed by atoms with Crippen molar-refractivity contribution in [3.8, 4) is 0 Å². The second-order valence-corrected chi connectivity index (χ2v) is 8.06. The zero-order valence-corrected chi connectivity index (χ0v) is 19.2. The molecule has 0 rings (SSSR count). The molecule has 0 saturated heterocycles. The lowest BCUT2D eigenvalue weighted by atomic mass is 10.1. The number of ether oxygens (including phenoxy) is 1. The molecule has 0 aliphatic carbocycles. The molecule has 8 heteroatoms. The van der Waals surface area contributed by atoms with Crippen LogP contribution in [-0.2, 0) is 14.3 Å². The van der Waals surface area contributed by atoms with Gasteiger partial charge >= 0.3 is 11.3 Å². The summed E-state index contributed by atoms with van der Waals surface area (Å²) in [4.78, 5) is 36.8. The fraction of sp³-hybridized carbons (Fsp3) is 0.857. The Morgan fingerprint density at radius 3 is 2.03 bits per heavy atom. The van der Waals surface area contributed by atoms with Crippen molar-refractivity contribution in [2.75, 3.05) is 34.3 Å². The fourth-order valence-corrected chi connectivity index (χ4v) is 3.19.